The second-order valence-electron chi connectivity index (χ2n) is 12.7. The highest BCUT2D eigenvalue weighted by Gasteiger charge is 2.91. The van der Waals surface area contributed by atoms with Gasteiger partial charge in [-0.15, -0.1) is 0 Å². The van der Waals surface area contributed by atoms with Crippen LogP contribution in [0.5, 0.6) is 0 Å². The van der Waals surface area contributed by atoms with Crippen LogP contribution in [0.1, 0.15) is 68.2 Å². The SMILES string of the molecule is CC(=O)OC1CC2(C)OC2C2OC(=O)C3(C)OC23C(OC(C)=O)C2C(C)C(O)CC(OC(C)=O)C2(C)C1OC(C)=O. The van der Waals surface area contributed by atoms with E-state index in [0.29, 0.717) is 0 Å². The first kappa shape index (κ1) is 29.7. The fraction of sp³-hybridized carbons (Fsp3) is 0.821. The molecule has 228 valence electrons. The summed E-state index contributed by atoms with van der Waals surface area (Å²) in [6.07, 6.45) is -7.58. The molecule has 0 aromatic carbocycles. The number of hydrogen-bond acceptors (Lipinski definition) is 13. The van der Waals surface area contributed by atoms with Crippen molar-refractivity contribution in [1.82, 2.24) is 0 Å². The summed E-state index contributed by atoms with van der Waals surface area (Å²) in [6, 6.07) is 0. The van der Waals surface area contributed by atoms with E-state index in [1.807, 2.05) is 0 Å². The molecule has 13 nitrogen and oxygen atoms in total. The topological polar surface area (TPSA) is 177 Å². The third-order valence-corrected chi connectivity index (χ3v) is 9.90. The van der Waals surface area contributed by atoms with Crippen LogP contribution in [0, 0.1) is 17.3 Å². The average molecular weight is 583 g/mol. The van der Waals surface area contributed by atoms with Crippen LogP contribution in [-0.2, 0) is 57.1 Å². The van der Waals surface area contributed by atoms with Gasteiger partial charge in [-0.2, -0.15) is 0 Å². The van der Waals surface area contributed by atoms with Gasteiger partial charge >= 0.3 is 29.8 Å². The Bertz CT molecular complexity index is 1190. The van der Waals surface area contributed by atoms with E-state index in [9.17, 15) is 29.1 Å². The first-order valence-corrected chi connectivity index (χ1v) is 13.9. The van der Waals surface area contributed by atoms with Gasteiger partial charge in [0.05, 0.1) is 17.1 Å². The highest BCUT2D eigenvalue weighted by molar-refractivity contribution is 5.89. The van der Waals surface area contributed by atoms with Crippen molar-refractivity contribution in [3.63, 3.8) is 0 Å². The lowest BCUT2D eigenvalue weighted by atomic mass is 9.52. The molecule has 5 fully saturated rings. The molecule has 0 radical (unpaired) electrons. The standard InChI is InChI=1S/C28H38O13/c1-11-16(33)9-18(36-13(3)30)26(7)19(11)21(38-15(5)32)28-23(39-24(34)27(28,8)41-28)22-25(6,40-22)10-17(35-12(2)29)20(26)37-14(4)31/h11,16-23,33H,9-10H2,1-8H3. The van der Waals surface area contributed by atoms with Gasteiger partial charge in [-0.05, 0) is 19.8 Å². The van der Waals surface area contributed by atoms with Gasteiger partial charge in [0.1, 0.15) is 30.5 Å². The van der Waals surface area contributed by atoms with Gasteiger partial charge in [-0.1, -0.05) is 13.8 Å². The lowest BCUT2D eigenvalue weighted by Crippen LogP contribution is -2.69. The number of aliphatic hydroxyl groups is 1. The summed E-state index contributed by atoms with van der Waals surface area (Å²) in [4.78, 5) is 63.4. The highest BCUT2D eigenvalue weighted by Crippen LogP contribution is 2.69. The number of carbonyl (C=O) groups excluding carboxylic acids is 5. The van der Waals surface area contributed by atoms with Crippen molar-refractivity contribution in [3.8, 4) is 0 Å². The van der Waals surface area contributed by atoms with Gasteiger partial charge in [0, 0.05) is 46.5 Å². The van der Waals surface area contributed by atoms with Crippen molar-refractivity contribution in [2.45, 2.75) is 128 Å². The van der Waals surface area contributed by atoms with Crippen molar-refractivity contribution in [2.24, 2.45) is 17.3 Å². The van der Waals surface area contributed by atoms with Crippen LogP contribution in [0.3, 0.4) is 0 Å². The van der Waals surface area contributed by atoms with Crippen LogP contribution < -0.4 is 0 Å². The second kappa shape index (κ2) is 9.37. The number of ether oxygens (including phenoxy) is 7. The van der Waals surface area contributed by atoms with Gasteiger partial charge in [-0.3, -0.25) is 19.2 Å². The fourth-order valence-corrected chi connectivity index (χ4v) is 8.01. The largest absolute Gasteiger partial charge is 0.462 e. The molecule has 3 aliphatic heterocycles. The summed E-state index contributed by atoms with van der Waals surface area (Å²) in [5, 5.41) is 11.3. The third-order valence-electron chi connectivity index (χ3n) is 9.90. The van der Waals surface area contributed by atoms with Crippen molar-refractivity contribution in [1.29, 1.82) is 0 Å². The molecule has 1 N–H and O–H groups in total. The summed E-state index contributed by atoms with van der Waals surface area (Å²) in [5.41, 5.74) is -5.50. The zero-order chi connectivity index (χ0) is 30.4. The zero-order valence-corrected chi connectivity index (χ0v) is 24.5. The predicted molar refractivity (Wildman–Crippen MR) is 134 cm³/mol. The maximum Gasteiger partial charge on any atom is 0.342 e. The van der Waals surface area contributed by atoms with Crippen LogP contribution in [0.2, 0.25) is 0 Å². The molecular weight excluding hydrogens is 544 g/mol. The summed E-state index contributed by atoms with van der Waals surface area (Å²) < 4.78 is 41.7. The Labute approximate surface area is 237 Å². The summed E-state index contributed by atoms with van der Waals surface area (Å²) >= 11 is 0. The van der Waals surface area contributed by atoms with Crippen LogP contribution in [0.15, 0.2) is 0 Å². The van der Waals surface area contributed by atoms with E-state index in [1.54, 1.807) is 27.7 Å². The lowest BCUT2D eigenvalue weighted by Gasteiger charge is -2.57. The maximum atomic E-state index is 13.2. The number of esters is 5. The Morgan fingerprint density at radius 3 is 1.95 bits per heavy atom. The Morgan fingerprint density at radius 2 is 1.41 bits per heavy atom. The Hall–Kier alpha value is -2.77. The van der Waals surface area contributed by atoms with Gasteiger partial charge in [0.2, 0.25) is 0 Å². The molecule has 0 aromatic heterocycles. The normalized spacial score (nSPS) is 49.5. The van der Waals surface area contributed by atoms with E-state index >= 15 is 0 Å². The minimum Gasteiger partial charge on any atom is -0.462 e. The van der Waals surface area contributed by atoms with Crippen molar-refractivity contribution >= 4 is 29.8 Å². The Morgan fingerprint density at radius 1 is 0.854 bits per heavy atom. The molecule has 0 aromatic rings. The molecule has 1 spiro atoms. The van der Waals surface area contributed by atoms with Gasteiger partial charge in [0.15, 0.2) is 17.3 Å². The van der Waals surface area contributed by atoms with E-state index < -0.39 is 107 Å². The first-order valence-electron chi connectivity index (χ1n) is 13.9. The third kappa shape index (κ3) is 4.25. The molecule has 41 heavy (non-hydrogen) atoms. The molecule has 2 saturated carbocycles. The van der Waals surface area contributed by atoms with E-state index in [2.05, 4.69) is 0 Å². The maximum absolute atomic E-state index is 13.2. The predicted octanol–water partition coefficient (Wildman–Crippen LogP) is 0.751. The van der Waals surface area contributed by atoms with Gasteiger partial charge < -0.3 is 38.3 Å². The molecule has 3 heterocycles. The molecule has 13 heteroatoms. The van der Waals surface area contributed by atoms with Crippen LogP contribution in [0.25, 0.3) is 0 Å². The Kier molecular flexibility index (Phi) is 6.79. The molecule has 3 saturated heterocycles. The quantitative estimate of drug-likeness (QED) is 0.279. The number of rotatable bonds is 4. The minimum absolute atomic E-state index is 0.0281. The molecule has 5 rings (SSSR count). The molecule has 0 amide bonds. The van der Waals surface area contributed by atoms with Crippen molar-refractivity contribution < 1.29 is 62.2 Å². The van der Waals surface area contributed by atoms with Gasteiger partial charge in [0.25, 0.3) is 0 Å². The smallest absolute Gasteiger partial charge is 0.342 e. The van der Waals surface area contributed by atoms with E-state index in [1.165, 1.54) is 27.7 Å². The summed E-state index contributed by atoms with van der Waals surface area (Å²) in [5.74, 6) is -5.03. The number of fused-ring (bicyclic) bond motifs is 3. The molecule has 2 aliphatic carbocycles. The van der Waals surface area contributed by atoms with Crippen LogP contribution in [0.4, 0.5) is 0 Å². The number of aliphatic hydroxyl groups excluding tert-OH is 1. The summed E-state index contributed by atoms with van der Waals surface area (Å²) in [7, 11) is 0. The zero-order valence-electron chi connectivity index (χ0n) is 24.5. The van der Waals surface area contributed by atoms with Crippen LogP contribution >= 0.6 is 0 Å². The Balaban J connectivity index is 1.80. The molecule has 13 atom stereocenters. The molecule has 5 aliphatic rings. The number of carbonyl (C=O) groups is 5. The van der Waals surface area contributed by atoms with Crippen LogP contribution in [-0.4, -0.2) is 94.5 Å². The second-order valence-corrected chi connectivity index (χ2v) is 12.7. The monoisotopic (exact) mass is 582 g/mol. The first-order chi connectivity index (χ1) is 18.9. The van der Waals surface area contributed by atoms with E-state index in [-0.39, 0.29) is 12.8 Å². The van der Waals surface area contributed by atoms with E-state index in [0.717, 1.165) is 0 Å². The fourth-order valence-electron chi connectivity index (χ4n) is 8.01. The summed E-state index contributed by atoms with van der Waals surface area (Å²) in [6.45, 7) is 11.5. The van der Waals surface area contributed by atoms with Crippen molar-refractivity contribution in [2.75, 3.05) is 0 Å². The number of epoxide rings is 2. The average Bonchev–Trinajstić information content (AvgIpc) is 3.67. The number of hydrogen-bond donors (Lipinski definition) is 1. The molecular formula is C28H38O13. The van der Waals surface area contributed by atoms with E-state index in [4.69, 9.17) is 33.2 Å². The minimum atomic E-state index is -1.52. The lowest BCUT2D eigenvalue weighted by molar-refractivity contribution is -0.247. The van der Waals surface area contributed by atoms with Gasteiger partial charge in [-0.25, -0.2) is 4.79 Å². The molecule has 13 unspecified atom stereocenters. The molecule has 0 bridgehead atoms. The van der Waals surface area contributed by atoms with Crippen molar-refractivity contribution in [3.05, 3.63) is 0 Å². The highest BCUT2D eigenvalue weighted by atomic mass is 16.8.